The van der Waals surface area contributed by atoms with Crippen molar-refractivity contribution in [3.63, 3.8) is 0 Å². The molecule has 0 aliphatic carbocycles. The summed E-state index contributed by atoms with van der Waals surface area (Å²) in [5.41, 5.74) is -0.882. The summed E-state index contributed by atoms with van der Waals surface area (Å²) in [7, 11) is 0. The number of carbonyl (C=O) groups is 2. The Hall–Kier alpha value is -2.71. The SMILES string of the molecule is CCCC(C(=O)NC(C(=O)O)C(C)C)n1cc([N+](=O)[O-])ccc1=O. The predicted octanol–water partition coefficient (Wildman–Crippen LogP) is 1.32. The quantitative estimate of drug-likeness (QED) is 0.542. The van der Waals surface area contributed by atoms with E-state index in [0.29, 0.717) is 6.42 Å². The first-order valence-electron chi connectivity index (χ1n) is 7.58. The van der Waals surface area contributed by atoms with E-state index in [1.165, 1.54) is 0 Å². The number of amides is 1. The normalized spacial score (nSPS) is 13.3. The van der Waals surface area contributed by atoms with Crippen molar-refractivity contribution in [3.05, 3.63) is 38.8 Å². The van der Waals surface area contributed by atoms with Crippen molar-refractivity contribution in [1.82, 2.24) is 9.88 Å². The van der Waals surface area contributed by atoms with Gasteiger partial charge in [0.2, 0.25) is 5.91 Å². The number of nitrogens with one attached hydrogen (secondary N) is 1. The van der Waals surface area contributed by atoms with Crippen LogP contribution in [0.15, 0.2) is 23.1 Å². The smallest absolute Gasteiger partial charge is 0.326 e. The van der Waals surface area contributed by atoms with Gasteiger partial charge in [-0.05, 0) is 12.3 Å². The number of rotatable bonds is 8. The first kappa shape index (κ1) is 19.3. The second-order valence-electron chi connectivity index (χ2n) is 5.76. The van der Waals surface area contributed by atoms with Crippen LogP contribution in [-0.4, -0.2) is 32.5 Å². The molecule has 2 atom stereocenters. The minimum Gasteiger partial charge on any atom is -0.480 e. The number of aromatic nitrogens is 1. The van der Waals surface area contributed by atoms with E-state index < -0.39 is 34.4 Å². The second-order valence-corrected chi connectivity index (χ2v) is 5.76. The van der Waals surface area contributed by atoms with Crippen molar-refractivity contribution < 1.29 is 19.6 Å². The van der Waals surface area contributed by atoms with Crippen LogP contribution in [-0.2, 0) is 9.59 Å². The maximum Gasteiger partial charge on any atom is 0.326 e. The summed E-state index contributed by atoms with van der Waals surface area (Å²) in [5, 5.41) is 22.5. The highest BCUT2D eigenvalue weighted by Gasteiger charge is 2.29. The second kappa shape index (κ2) is 8.23. The van der Waals surface area contributed by atoms with Gasteiger partial charge in [0.05, 0.1) is 11.1 Å². The van der Waals surface area contributed by atoms with Crippen LogP contribution in [0.25, 0.3) is 0 Å². The highest BCUT2D eigenvalue weighted by molar-refractivity contribution is 5.86. The zero-order valence-electron chi connectivity index (χ0n) is 13.8. The van der Waals surface area contributed by atoms with E-state index in [4.69, 9.17) is 0 Å². The Bertz CT molecular complexity index is 682. The number of hydrogen-bond acceptors (Lipinski definition) is 5. The lowest BCUT2D eigenvalue weighted by Crippen LogP contribution is -2.48. The monoisotopic (exact) mass is 339 g/mol. The maximum absolute atomic E-state index is 12.5. The van der Waals surface area contributed by atoms with Crippen LogP contribution in [0.3, 0.4) is 0 Å². The highest BCUT2D eigenvalue weighted by Crippen LogP contribution is 2.17. The molecule has 1 aromatic rings. The standard InChI is InChI=1S/C15H21N3O6/c1-4-5-11(14(20)16-13(9(2)3)15(21)22)17-8-10(18(23)24)6-7-12(17)19/h6-9,11,13H,4-5H2,1-3H3,(H,16,20)(H,21,22). The Balaban J connectivity index is 3.21. The fourth-order valence-electron chi connectivity index (χ4n) is 2.28. The third kappa shape index (κ3) is 4.64. The molecule has 9 heteroatoms. The Labute approximate surface area is 138 Å². The number of nitrogens with zero attached hydrogens (tertiary/aromatic N) is 2. The van der Waals surface area contributed by atoms with Gasteiger partial charge < -0.3 is 10.4 Å². The molecule has 0 fully saturated rings. The van der Waals surface area contributed by atoms with E-state index in [-0.39, 0.29) is 18.0 Å². The van der Waals surface area contributed by atoms with Crippen LogP contribution in [0.5, 0.6) is 0 Å². The third-order valence-electron chi connectivity index (χ3n) is 3.56. The molecule has 24 heavy (non-hydrogen) atoms. The first-order valence-corrected chi connectivity index (χ1v) is 7.58. The van der Waals surface area contributed by atoms with Crippen LogP contribution >= 0.6 is 0 Å². The lowest BCUT2D eigenvalue weighted by Gasteiger charge is -2.23. The highest BCUT2D eigenvalue weighted by atomic mass is 16.6. The van der Waals surface area contributed by atoms with E-state index in [0.717, 1.165) is 22.9 Å². The lowest BCUT2D eigenvalue weighted by molar-refractivity contribution is -0.385. The summed E-state index contributed by atoms with van der Waals surface area (Å²) in [6.07, 6.45) is 1.79. The fraction of sp³-hybridized carbons (Fsp3) is 0.533. The van der Waals surface area contributed by atoms with Crippen molar-refractivity contribution in [3.8, 4) is 0 Å². The molecular weight excluding hydrogens is 318 g/mol. The van der Waals surface area contributed by atoms with E-state index in [1.807, 2.05) is 0 Å². The van der Waals surface area contributed by atoms with E-state index in [1.54, 1.807) is 20.8 Å². The molecule has 0 saturated heterocycles. The number of carboxylic acids is 1. The minimum atomic E-state index is -1.18. The first-order chi connectivity index (χ1) is 11.2. The van der Waals surface area contributed by atoms with Gasteiger partial charge in [-0.2, -0.15) is 0 Å². The van der Waals surface area contributed by atoms with Crippen molar-refractivity contribution >= 4 is 17.6 Å². The van der Waals surface area contributed by atoms with E-state index >= 15 is 0 Å². The zero-order chi connectivity index (χ0) is 18.4. The fourth-order valence-corrected chi connectivity index (χ4v) is 2.28. The van der Waals surface area contributed by atoms with Crippen molar-refractivity contribution in [1.29, 1.82) is 0 Å². The molecule has 132 valence electrons. The summed E-state index contributed by atoms with van der Waals surface area (Å²) >= 11 is 0. The summed E-state index contributed by atoms with van der Waals surface area (Å²) in [6, 6.07) is -0.0340. The van der Waals surface area contributed by atoms with Gasteiger partial charge in [-0.1, -0.05) is 27.2 Å². The largest absolute Gasteiger partial charge is 0.480 e. The average molecular weight is 339 g/mol. The number of nitro groups is 1. The molecule has 0 bridgehead atoms. The molecule has 1 heterocycles. The Morgan fingerprint density at radius 3 is 2.46 bits per heavy atom. The van der Waals surface area contributed by atoms with Crippen LogP contribution in [0.4, 0.5) is 5.69 Å². The van der Waals surface area contributed by atoms with Gasteiger partial charge in [-0.15, -0.1) is 0 Å². The molecule has 1 rings (SSSR count). The maximum atomic E-state index is 12.5. The average Bonchev–Trinajstić information content (AvgIpc) is 2.49. The number of carbonyl (C=O) groups excluding carboxylic acids is 1. The number of aliphatic carboxylic acids is 1. The van der Waals surface area contributed by atoms with Gasteiger partial charge in [0.15, 0.2) is 0 Å². The van der Waals surface area contributed by atoms with Gasteiger partial charge in [0.1, 0.15) is 12.1 Å². The summed E-state index contributed by atoms with van der Waals surface area (Å²) in [6.45, 7) is 5.08. The van der Waals surface area contributed by atoms with Crippen LogP contribution < -0.4 is 10.9 Å². The van der Waals surface area contributed by atoms with Crippen molar-refractivity contribution in [2.24, 2.45) is 5.92 Å². The molecule has 1 amide bonds. The molecule has 1 aromatic heterocycles. The number of pyridine rings is 1. The molecular formula is C15H21N3O6. The number of hydrogen-bond donors (Lipinski definition) is 2. The topological polar surface area (TPSA) is 132 Å². The molecule has 0 aliphatic heterocycles. The van der Waals surface area contributed by atoms with Crippen LogP contribution in [0.2, 0.25) is 0 Å². The molecule has 2 N–H and O–H groups in total. The summed E-state index contributed by atoms with van der Waals surface area (Å²) < 4.78 is 0.982. The summed E-state index contributed by atoms with van der Waals surface area (Å²) in [5.74, 6) is -2.18. The van der Waals surface area contributed by atoms with Crippen molar-refractivity contribution in [2.75, 3.05) is 0 Å². The number of carboxylic acid groups (broad SMARTS) is 1. The molecule has 9 nitrogen and oxygen atoms in total. The molecule has 0 aromatic carbocycles. The van der Waals surface area contributed by atoms with Gasteiger partial charge in [0, 0.05) is 12.1 Å². The van der Waals surface area contributed by atoms with Gasteiger partial charge in [-0.25, -0.2) is 4.79 Å². The minimum absolute atomic E-state index is 0.247. The Morgan fingerprint density at radius 2 is 2.00 bits per heavy atom. The molecule has 0 saturated carbocycles. The van der Waals surface area contributed by atoms with Crippen molar-refractivity contribution in [2.45, 2.75) is 45.7 Å². The van der Waals surface area contributed by atoms with Gasteiger partial charge in [0.25, 0.3) is 11.2 Å². The van der Waals surface area contributed by atoms with Crippen LogP contribution in [0, 0.1) is 16.0 Å². The zero-order valence-corrected chi connectivity index (χ0v) is 13.8. The van der Waals surface area contributed by atoms with Gasteiger partial charge in [-0.3, -0.25) is 24.3 Å². The third-order valence-corrected chi connectivity index (χ3v) is 3.56. The molecule has 2 unspecified atom stereocenters. The summed E-state index contributed by atoms with van der Waals surface area (Å²) in [4.78, 5) is 45.9. The van der Waals surface area contributed by atoms with Gasteiger partial charge >= 0.3 is 5.97 Å². The lowest BCUT2D eigenvalue weighted by atomic mass is 10.0. The predicted molar refractivity (Wildman–Crippen MR) is 85.7 cm³/mol. The van der Waals surface area contributed by atoms with E-state index in [2.05, 4.69) is 5.32 Å². The Kier molecular flexibility index (Phi) is 6.63. The molecule has 0 spiro atoms. The molecule has 0 aliphatic rings. The Morgan fingerprint density at radius 1 is 1.38 bits per heavy atom. The van der Waals surface area contributed by atoms with E-state index in [9.17, 15) is 29.6 Å². The molecule has 0 radical (unpaired) electrons. The van der Waals surface area contributed by atoms with Crippen LogP contribution in [0.1, 0.15) is 39.7 Å².